The third-order valence-corrected chi connectivity index (χ3v) is 6.42. The Hall–Kier alpha value is -3.90. The number of rotatable bonds is 10. The number of likely N-dealkylation sites (N-methyl/N-ethyl adjacent to an activating group) is 1. The van der Waals surface area contributed by atoms with Crippen LogP contribution in [0.5, 0.6) is 0 Å². The van der Waals surface area contributed by atoms with Crippen LogP contribution in [0.2, 0.25) is 0 Å². The lowest BCUT2D eigenvalue weighted by Gasteiger charge is -2.35. The van der Waals surface area contributed by atoms with E-state index in [0.29, 0.717) is 18.0 Å². The highest BCUT2D eigenvalue weighted by Crippen LogP contribution is 2.37. The van der Waals surface area contributed by atoms with Gasteiger partial charge in [-0.2, -0.15) is 31.4 Å². The molecule has 0 amide bonds. The van der Waals surface area contributed by atoms with E-state index in [0.717, 1.165) is 11.1 Å². The number of halogens is 6. The van der Waals surface area contributed by atoms with Crippen LogP contribution in [0.15, 0.2) is 83.7 Å². The number of benzene rings is 3. The van der Waals surface area contributed by atoms with Gasteiger partial charge in [0.15, 0.2) is 0 Å². The topological polar surface area (TPSA) is 74.0 Å². The first-order valence-electron chi connectivity index (χ1n) is 12.2. The van der Waals surface area contributed by atoms with E-state index >= 15 is 0 Å². The van der Waals surface area contributed by atoms with Crippen LogP contribution in [-0.4, -0.2) is 39.8 Å². The summed E-state index contributed by atoms with van der Waals surface area (Å²) in [5.74, 6) is 0.0513. The molecule has 0 spiro atoms. The first kappa shape index (κ1) is 29.1. The van der Waals surface area contributed by atoms with Crippen molar-refractivity contribution < 1.29 is 31.1 Å². The molecule has 212 valence electrons. The van der Waals surface area contributed by atoms with Crippen LogP contribution in [-0.2, 0) is 30.2 Å². The molecule has 0 fully saturated rings. The Kier molecular flexibility index (Phi) is 8.79. The lowest BCUT2D eigenvalue weighted by atomic mass is 9.84. The van der Waals surface area contributed by atoms with E-state index in [-0.39, 0.29) is 30.7 Å². The monoisotopic (exact) mass is 564 g/mol. The highest BCUT2D eigenvalue weighted by atomic mass is 19.4. The summed E-state index contributed by atoms with van der Waals surface area (Å²) in [6.45, 7) is -0.352. The molecule has 4 rings (SSSR count). The predicted octanol–water partition coefficient (Wildman–Crippen LogP) is 5.98. The first-order valence-corrected chi connectivity index (χ1v) is 12.2. The summed E-state index contributed by atoms with van der Waals surface area (Å²) in [6, 6.07) is 19.9. The molecule has 4 aromatic rings. The molecular formula is C28H26F6N4O2. The molecule has 6 nitrogen and oxygen atoms in total. The van der Waals surface area contributed by atoms with Crippen LogP contribution in [0.1, 0.15) is 39.6 Å². The number of aromatic amines is 2. The third-order valence-electron chi connectivity index (χ3n) is 6.42. The van der Waals surface area contributed by atoms with Gasteiger partial charge in [-0.3, -0.25) is 9.88 Å². The van der Waals surface area contributed by atoms with Gasteiger partial charge in [-0.05, 0) is 41.9 Å². The summed E-state index contributed by atoms with van der Waals surface area (Å²) >= 11 is 0. The normalized spacial score (nSPS) is 13.2. The zero-order chi connectivity index (χ0) is 28.9. The molecule has 0 saturated carbocycles. The maximum absolute atomic E-state index is 13.3. The maximum Gasteiger partial charge on any atom is 0.416 e. The molecule has 0 saturated heterocycles. The van der Waals surface area contributed by atoms with Crippen molar-refractivity contribution in [1.29, 1.82) is 0 Å². The molecule has 0 radical (unpaired) electrons. The average Bonchev–Trinajstić information content (AvgIpc) is 3.32. The highest BCUT2D eigenvalue weighted by molar-refractivity contribution is 5.35. The Bertz CT molecular complexity index is 1360. The summed E-state index contributed by atoms with van der Waals surface area (Å²) in [5.41, 5.74) is -1.70. The molecule has 40 heavy (non-hydrogen) atoms. The second-order valence-corrected chi connectivity index (χ2v) is 9.34. The van der Waals surface area contributed by atoms with E-state index in [1.807, 2.05) is 65.6 Å². The van der Waals surface area contributed by atoms with Gasteiger partial charge >= 0.3 is 18.0 Å². The van der Waals surface area contributed by atoms with Gasteiger partial charge in [-0.15, -0.1) is 0 Å². The van der Waals surface area contributed by atoms with Crippen molar-refractivity contribution in [3.63, 3.8) is 0 Å². The van der Waals surface area contributed by atoms with Gasteiger partial charge in [-0.1, -0.05) is 60.7 Å². The van der Waals surface area contributed by atoms with Crippen molar-refractivity contribution in [1.82, 2.24) is 20.1 Å². The second-order valence-electron chi connectivity index (χ2n) is 9.34. The Morgan fingerprint density at radius 2 is 1.38 bits per heavy atom. The third kappa shape index (κ3) is 7.39. The number of hydrogen-bond acceptors (Lipinski definition) is 4. The molecule has 0 aliphatic carbocycles. The largest absolute Gasteiger partial charge is 0.416 e. The van der Waals surface area contributed by atoms with Gasteiger partial charge in [0.1, 0.15) is 5.82 Å². The lowest BCUT2D eigenvalue weighted by molar-refractivity contribution is -0.143. The van der Waals surface area contributed by atoms with Gasteiger partial charge in [0.25, 0.3) is 0 Å². The Labute approximate surface area is 225 Å². The van der Waals surface area contributed by atoms with Crippen molar-refractivity contribution >= 4 is 0 Å². The molecular weight excluding hydrogens is 538 g/mol. The van der Waals surface area contributed by atoms with Crippen molar-refractivity contribution in [3.8, 4) is 0 Å². The number of H-pyrrole nitrogens is 2. The van der Waals surface area contributed by atoms with Crippen LogP contribution < -0.4 is 5.69 Å². The second kappa shape index (κ2) is 12.1. The fourth-order valence-corrected chi connectivity index (χ4v) is 4.57. The highest BCUT2D eigenvalue weighted by Gasteiger charge is 2.37. The fraction of sp³-hybridized carbons (Fsp3) is 0.286. The maximum atomic E-state index is 13.3. The average molecular weight is 565 g/mol. The minimum Gasteiger partial charge on any atom is -0.375 e. The van der Waals surface area contributed by atoms with Gasteiger partial charge in [0, 0.05) is 12.0 Å². The molecule has 2 N–H and O–H groups in total. The number of alkyl halides is 6. The van der Waals surface area contributed by atoms with Crippen molar-refractivity contribution in [2.75, 3.05) is 13.7 Å². The molecule has 0 bridgehead atoms. The van der Waals surface area contributed by atoms with Crippen molar-refractivity contribution in [2.24, 2.45) is 0 Å². The standard InChI is InChI=1S/C28H26F6N4O2/c1-38(15-24-35-26(39)37-36-24)23(25(19-8-4-2-5-9-19)20-10-6-3-7-11-20)17-40-16-18-12-21(27(29,30)31)14-22(13-18)28(32,33)34/h2-14,23,25H,15-17H2,1H3,(H2,35,36,37,39)/t23-/m0/s1. The van der Waals surface area contributed by atoms with E-state index in [9.17, 15) is 31.1 Å². The first-order chi connectivity index (χ1) is 18.9. The zero-order valence-electron chi connectivity index (χ0n) is 21.3. The van der Waals surface area contributed by atoms with Crippen LogP contribution in [0.25, 0.3) is 0 Å². The summed E-state index contributed by atoms with van der Waals surface area (Å²) in [6.07, 6.45) is -9.91. The van der Waals surface area contributed by atoms with Gasteiger partial charge in [0.05, 0.1) is 30.9 Å². The van der Waals surface area contributed by atoms with Crippen molar-refractivity contribution in [3.05, 3.63) is 123 Å². The minimum atomic E-state index is -4.95. The molecule has 0 aliphatic heterocycles. The molecule has 1 atom stereocenters. The smallest absolute Gasteiger partial charge is 0.375 e. The summed E-state index contributed by atoms with van der Waals surface area (Å²) in [5, 5.41) is 6.25. The molecule has 1 heterocycles. The van der Waals surface area contributed by atoms with E-state index < -0.39 is 41.8 Å². The van der Waals surface area contributed by atoms with E-state index in [1.165, 1.54) is 0 Å². The Morgan fingerprint density at radius 3 is 1.82 bits per heavy atom. The predicted molar refractivity (Wildman–Crippen MR) is 135 cm³/mol. The molecule has 1 aromatic heterocycles. The molecule has 12 heteroatoms. The van der Waals surface area contributed by atoms with Gasteiger partial charge in [-0.25, -0.2) is 9.89 Å². The minimum absolute atomic E-state index is 0.0583. The van der Waals surface area contributed by atoms with Crippen LogP contribution in [0.3, 0.4) is 0 Å². The molecule has 0 unspecified atom stereocenters. The number of aromatic nitrogens is 3. The van der Waals surface area contributed by atoms with E-state index in [1.54, 1.807) is 7.05 Å². The summed E-state index contributed by atoms with van der Waals surface area (Å²) in [4.78, 5) is 16.0. The summed E-state index contributed by atoms with van der Waals surface area (Å²) in [7, 11) is 1.77. The molecule has 0 aliphatic rings. The number of hydrogen-bond donors (Lipinski definition) is 2. The van der Waals surface area contributed by atoms with Crippen molar-refractivity contribution in [2.45, 2.75) is 37.5 Å². The van der Waals surface area contributed by atoms with Gasteiger partial charge in [0.2, 0.25) is 0 Å². The van der Waals surface area contributed by atoms with Crippen LogP contribution in [0, 0.1) is 0 Å². The van der Waals surface area contributed by atoms with Crippen LogP contribution in [0.4, 0.5) is 26.3 Å². The number of ether oxygens (including phenoxy) is 1. The zero-order valence-corrected chi connectivity index (χ0v) is 21.3. The van der Waals surface area contributed by atoms with E-state index in [2.05, 4.69) is 15.2 Å². The number of nitrogens with zero attached hydrogens (tertiary/aromatic N) is 2. The van der Waals surface area contributed by atoms with E-state index in [4.69, 9.17) is 4.74 Å². The Balaban J connectivity index is 1.66. The summed E-state index contributed by atoms with van der Waals surface area (Å²) < 4.78 is 85.8. The lowest BCUT2D eigenvalue weighted by Crippen LogP contribution is -2.41. The number of nitrogens with one attached hydrogen (secondary N) is 2. The van der Waals surface area contributed by atoms with Gasteiger partial charge < -0.3 is 4.74 Å². The molecule has 3 aromatic carbocycles. The quantitative estimate of drug-likeness (QED) is 0.232. The van der Waals surface area contributed by atoms with Crippen LogP contribution >= 0.6 is 0 Å². The SMILES string of the molecule is CN(Cc1n[nH]c(=O)[nH]1)[C@@H](COCc1cc(C(F)(F)F)cc(C(F)(F)F)c1)C(c1ccccc1)c1ccccc1. The Morgan fingerprint density at radius 1 is 0.850 bits per heavy atom. The fourth-order valence-electron chi connectivity index (χ4n) is 4.57.